The van der Waals surface area contributed by atoms with Crippen LogP contribution in [-0.4, -0.2) is 55.4 Å². The molecule has 2 rings (SSSR count). The van der Waals surface area contributed by atoms with Gasteiger partial charge in [-0.15, -0.1) is 0 Å². The Bertz CT molecular complexity index is 550. The fraction of sp³-hybridized carbons (Fsp3) is 0.500. The largest absolute Gasteiger partial charge is 0.497 e. The van der Waals surface area contributed by atoms with Crippen LogP contribution >= 0.6 is 0 Å². The van der Waals surface area contributed by atoms with E-state index < -0.39 is 18.1 Å². The van der Waals surface area contributed by atoms with Crippen LogP contribution in [-0.2, 0) is 9.53 Å². The first kappa shape index (κ1) is 16.1. The summed E-state index contributed by atoms with van der Waals surface area (Å²) in [6.07, 6.45) is -1.43. The SMILES string of the molecule is COc1ccc([C@@H](N=[N+]=[N-])[C@@H](O)C(=O)N2CCOCC2)cc1. The van der Waals surface area contributed by atoms with E-state index in [9.17, 15) is 9.90 Å². The number of azide groups is 1. The lowest BCUT2D eigenvalue weighted by Gasteiger charge is -2.30. The molecule has 1 saturated heterocycles. The molecule has 1 N–H and O–H groups in total. The Labute approximate surface area is 127 Å². The van der Waals surface area contributed by atoms with E-state index >= 15 is 0 Å². The van der Waals surface area contributed by atoms with Crippen LogP contribution in [0.1, 0.15) is 11.6 Å². The van der Waals surface area contributed by atoms with E-state index in [4.69, 9.17) is 15.0 Å². The van der Waals surface area contributed by atoms with Crippen molar-refractivity contribution in [1.82, 2.24) is 4.90 Å². The summed E-state index contributed by atoms with van der Waals surface area (Å²) in [4.78, 5) is 16.6. The standard InChI is InChI=1S/C14H18N4O4/c1-21-11-4-2-10(3-5-11)12(16-17-15)13(19)14(20)18-6-8-22-9-7-18/h2-5,12-13,19H,6-9H2,1H3/t12-,13-/m1/s1. The van der Waals surface area contributed by atoms with E-state index in [0.29, 0.717) is 37.6 Å². The Morgan fingerprint density at radius 3 is 2.59 bits per heavy atom. The molecule has 1 aromatic carbocycles. The van der Waals surface area contributed by atoms with Gasteiger partial charge in [-0.25, -0.2) is 0 Å². The molecule has 118 valence electrons. The first-order valence-corrected chi connectivity index (χ1v) is 6.90. The van der Waals surface area contributed by atoms with Crippen molar-refractivity contribution < 1.29 is 19.4 Å². The van der Waals surface area contributed by atoms with Crippen molar-refractivity contribution in [2.75, 3.05) is 33.4 Å². The zero-order valence-electron chi connectivity index (χ0n) is 12.3. The Morgan fingerprint density at radius 1 is 1.41 bits per heavy atom. The van der Waals surface area contributed by atoms with Gasteiger partial charge >= 0.3 is 0 Å². The molecule has 0 saturated carbocycles. The molecule has 1 amide bonds. The van der Waals surface area contributed by atoms with E-state index in [-0.39, 0.29) is 0 Å². The molecule has 8 nitrogen and oxygen atoms in total. The number of rotatable bonds is 5. The smallest absolute Gasteiger partial charge is 0.252 e. The average Bonchev–Trinajstić information content (AvgIpc) is 2.59. The zero-order valence-corrected chi connectivity index (χ0v) is 12.3. The van der Waals surface area contributed by atoms with E-state index in [1.54, 1.807) is 24.3 Å². The van der Waals surface area contributed by atoms with Gasteiger partial charge < -0.3 is 19.5 Å². The minimum absolute atomic E-state index is 0.418. The summed E-state index contributed by atoms with van der Waals surface area (Å²) in [6, 6.07) is 5.70. The number of benzene rings is 1. The van der Waals surface area contributed by atoms with E-state index in [2.05, 4.69) is 10.0 Å². The molecular weight excluding hydrogens is 288 g/mol. The number of aliphatic hydroxyl groups excluding tert-OH is 1. The molecule has 1 fully saturated rings. The molecule has 0 bridgehead atoms. The van der Waals surface area contributed by atoms with Crippen molar-refractivity contribution in [2.24, 2.45) is 5.11 Å². The van der Waals surface area contributed by atoms with Gasteiger partial charge in [-0.05, 0) is 23.2 Å². The van der Waals surface area contributed by atoms with Crippen LogP contribution in [0.2, 0.25) is 0 Å². The molecule has 2 atom stereocenters. The third-order valence-corrected chi connectivity index (χ3v) is 3.51. The Morgan fingerprint density at radius 2 is 2.05 bits per heavy atom. The van der Waals surface area contributed by atoms with Crippen LogP contribution < -0.4 is 4.74 Å². The van der Waals surface area contributed by atoms with Gasteiger partial charge in [-0.1, -0.05) is 17.2 Å². The quantitative estimate of drug-likeness (QED) is 0.502. The molecule has 22 heavy (non-hydrogen) atoms. The molecule has 0 aliphatic carbocycles. The van der Waals surface area contributed by atoms with Gasteiger partial charge in [0.15, 0.2) is 0 Å². The number of hydrogen-bond acceptors (Lipinski definition) is 5. The topological polar surface area (TPSA) is 108 Å². The van der Waals surface area contributed by atoms with Crippen molar-refractivity contribution in [1.29, 1.82) is 0 Å². The van der Waals surface area contributed by atoms with Gasteiger partial charge in [0.1, 0.15) is 11.9 Å². The number of ether oxygens (including phenoxy) is 2. The lowest BCUT2D eigenvalue weighted by Crippen LogP contribution is -2.47. The molecule has 0 aromatic heterocycles. The predicted octanol–water partition coefficient (Wildman–Crippen LogP) is 1.27. The number of carbonyl (C=O) groups is 1. The Kier molecular flexibility index (Phi) is 5.60. The summed E-state index contributed by atoms with van der Waals surface area (Å²) in [7, 11) is 1.54. The average molecular weight is 306 g/mol. The lowest BCUT2D eigenvalue weighted by molar-refractivity contribution is -0.145. The molecule has 1 aromatic rings. The lowest BCUT2D eigenvalue weighted by atomic mass is 10.0. The molecule has 0 radical (unpaired) electrons. The maximum Gasteiger partial charge on any atom is 0.252 e. The van der Waals surface area contributed by atoms with Gasteiger partial charge in [-0.2, -0.15) is 0 Å². The van der Waals surface area contributed by atoms with Crippen molar-refractivity contribution in [2.45, 2.75) is 12.1 Å². The summed E-state index contributed by atoms with van der Waals surface area (Å²) >= 11 is 0. The highest BCUT2D eigenvalue weighted by molar-refractivity contribution is 5.81. The van der Waals surface area contributed by atoms with Gasteiger partial charge in [0.2, 0.25) is 0 Å². The monoisotopic (exact) mass is 306 g/mol. The second-order valence-corrected chi connectivity index (χ2v) is 4.81. The fourth-order valence-electron chi connectivity index (χ4n) is 2.27. The minimum atomic E-state index is -1.43. The number of carbonyl (C=O) groups excluding carboxylic acids is 1. The maximum absolute atomic E-state index is 12.3. The number of hydrogen-bond donors (Lipinski definition) is 1. The van der Waals surface area contributed by atoms with Crippen molar-refractivity contribution in [3.05, 3.63) is 40.3 Å². The van der Waals surface area contributed by atoms with Gasteiger partial charge in [-0.3, -0.25) is 4.79 Å². The highest BCUT2D eigenvalue weighted by Gasteiger charge is 2.31. The molecule has 1 aliphatic rings. The Hall–Kier alpha value is -2.28. The van der Waals surface area contributed by atoms with Crippen LogP contribution in [0, 0.1) is 0 Å². The molecular formula is C14H18N4O4. The van der Waals surface area contributed by atoms with Gasteiger partial charge in [0.25, 0.3) is 5.91 Å². The summed E-state index contributed by atoms with van der Waals surface area (Å²) in [5, 5.41) is 13.9. The molecule has 8 heteroatoms. The van der Waals surface area contributed by atoms with Gasteiger partial charge in [0.05, 0.1) is 26.4 Å². The number of nitrogens with zero attached hydrogens (tertiary/aromatic N) is 4. The zero-order chi connectivity index (χ0) is 15.9. The summed E-state index contributed by atoms with van der Waals surface area (Å²) in [5.41, 5.74) is 9.27. The van der Waals surface area contributed by atoms with Gasteiger partial charge in [0, 0.05) is 18.0 Å². The first-order chi connectivity index (χ1) is 10.7. The fourth-order valence-corrected chi connectivity index (χ4v) is 2.27. The summed E-state index contributed by atoms with van der Waals surface area (Å²) in [6.45, 7) is 1.71. The van der Waals surface area contributed by atoms with Crippen LogP contribution in [0.5, 0.6) is 5.75 Å². The molecule has 0 spiro atoms. The van der Waals surface area contributed by atoms with Crippen LogP contribution in [0.3, 0.4) is 0 Å². The second kappa shape index (κ2) is 7.65. The highest BCUT2D eigenvalue weighted by Crippen LogP contribution is 2.25. The molecule has 1 aliphatic heterocycles. The van der Waals surface area contributed by atoms with Crippen molar-refractivity contribution in [3.63, 3.8) is 0 Å². The van der Waals surface area contributed by atoms with E-state index in [1.807, 2.05) is 0 Å². The molecule has 0 unspecified atom stereocenters. The maximum atomic E-state index is 12.3. The van der Waals surface area contributed by atoms with Crippen LogP contribution in [0.15, 0.2) is 29.4 Å². The first-order valence-electron chi connectivity index (χ1n) is 6.90. The van der Waals surface area contributed by atoms with Crippen molar-refractivity contribution >= 4 is 5.91 Å². The molecule has 1 heterocycles. The third kappa shape index (κ3) is 3.67. The minimum Gasteiger partial charge on any atom is -0.497 e. The van der Waals surface area contributed by atoms with E-state index in [0.717, 1.165) is 0 Å². The Balaban J connectivity index is 2.18. The summed E-state index contributed by atoms with van der Waals surface area (Å²) < 4.78 is 10.2. The van der Waals surface area contributed by atoms with Crippen molar-refractivity contribution in [3.8, 4) is 5.75 Å². The van der Waals surface area contributed by atoms with Crippen LogP contribution in [0.25, 0.3) is 10.4 Å². The predicted molar refractivity (Wildman–Crippen MR) is 78.3 cm³/mol. The number of morpholine rings is 1. The second-order valence-electron chi connectivity index (χ2n) is 4.81. The normalized spacial score (nSPS) is 17.3. The highest BCUT2D eigenvalue weighted by atomic mass is 16.5. The summed E-state index contributed by atoms with van der Waals surface area (Å²) in [5.74, 6) is 0.175. The van der Waals surface area contributed by atoms with E-state index in [1.165, 1.54) is 12.0 Å². The number of aliphatic hydroxyl groups is 1. The van der Waals surface area contributed by atoms with Crippen LogP contribution in [0.4, 0.5) is 0 Å². The number of methoxy groups -OCH3 is 1. The third-order valence-electron chi connectivity index (χ3n) is 3.51. The number of amides is 1.